The van der Waals surface area contributed by atoms with Crippen LogP contribution in [0.1, 0.15) is 22.3 Å². The average molecular weight is 727 g/mol. The van der Waals surface area contributed by atoms with Gasteiger partial charge in [-0.2, -0.15) is 0 Å². The fraction of sp³-hybridized carbons (Fsp3) is 0.0182. The molecule has 1 aliphatic rings. The van der Waals surface area contributed by atoms with Crippen LogP contribution in [0.25, 0.3) is 32.3 Å². The highest BCUT2D eigenvalue weighted by atomic mass is 15.2. The fourth-order valence-electron chi connectivity index (χ4n) is 9.48. The first-order valence-corrected chi connectivity index (χ1v) is 19.7. The summed E-state index contributed by atoms with van der Waals surface area (Å²) in [6, 6.07) is 84.5. The van der Waals surface area contributed by atoms with Crippen molar-refractivity contribution in [2.24, 2.45) is 0 Å². The summed E-state index contributed by atoms with van der Waals surface area (Å²) >= 11 is 0. The minimum absolute atomic E-state index is 0.686. The summed E-state index contributed by atoms with van der Waals surface area (Å²) < 4.78 is 0. The lowest BCUT2D eigenvalue weighted by Crippen LogP contribution is -2.38. The van der Waals surface area contributed by atoms with E-state index in [9.17, 15) is 0 Å². The van der Waals surface area contributed by atoms with Crippen molar-refractivity contribution in [2.75, 3.05) is 9.80 Å². The molecule has 11 rings (SSSR count). The van der Waals surface area contributed by atoms with Gasteiger partial charge >= 0.3 is 0 Å². The van der Waals surface area contributed by atoms with E-state index in [2.05, 4.69) is 240 Å². The predicted molar refractivity (Wildman–Crippen MR) is 240 cm³/mol. The second kappa shape index (κ2) is 13.4. The van der Waals surface area contributed by atoms with Crippen molar-refractivity contribution >= 4 is 66.4 Å². The van der Waals surface area contributed by atoms with Crippen molar-refractivity contribution in [3.05, 3.63) is 253 Å². The minimum Gasteiger partial charge on any atom is -0.310 e. The van der Waals surface area contributed by atoms with Crippen molar-refractivity contribution in [2.45, 2.75) is 5.41 Å². The molecule has 0 aromatic heterocycles. The van der Waals surface area contributed by atoms with Crippen LogP contribution in [-0.4, -0.2) is 0 Å². The van der Waals surface area contributed by atoms with Gasteiger partial charge in [0.15, 0.2) is 0 Å². The van der Waals surface area contributed by atoms with Crippen LogP contribution in [0.15, 0.2) is 231 Å². The van der Waals surface area contributed by atoms with Crippen molar-refractivity contribution in [3.8, 4) is 0 Å². The molecule has 0 radical (unpaired) electrons. The molecule has 0 saturated carbocycles. The van der Waals surface area contributed by atoms with E-state index in [0.717, 1.165) is 28.4 Å². The van der Waals surface area contributed by atoms with Crippen LogP contribution in [0.3, 0.4) is 0 Å². The van der Waals surface area contributed by atoms with Crippen LogP contribution in [0.5, 0.6) is 0 Å². The highest BCUT2D eigenvalue weighted by molar-refractivity contribution is 6.26. The van der Waals surface area contributed by atoms with Crippen molar-refractivity contribution in [1.29, 1.82) is 0 Å². The molecule has 2 nitrogen and oxygen atoms in total. The fourth-order valence-corrected chi connectivity index (χ4v) is 9.48. The summed E-state index contributed by atoms with van der Waals surface area (Å²) in [6.45, 7) is 0. The van der Waals surface area contributed by atoms with E-state index in [4.69, 9.17) is 0 Å². The van der Waals surface area contributed by atoms with Crippen LogP contribution in [-0.2, 0) is 5.41 Å². The third kappa shape index (κ3) is 5.11. The van der Waals surface area contributed by atoms with E-state index in [0.29, 0.717) is 0 Å². The van der Waals surface area contributed by atoms with Crippen LogP contribution in [0, 0.1) is 0 Å². The second-order valence-corrected chi connectivity index (χ2v) is 14.9. The monoisotopic (exact) mass is 726 g/mol. The Kier molecular flexibility index (Phi) is 7.75. The van der Waals surface area contributed by atoms with Crippen molar-refractivity contribution in [3.63, 3.8) is 0 Å². The zero-order chi connectivity index (χ0) is 37.8. The average Bonchev–Trinajstić information content (AvgIpc) is 3.29. The van der Waals surface area contributed by atoms with Crippen LogP contribution < -0.4 is 9.80 Å². The number of anilines is 6. The third-order valence-corrected chi connectivity index (χ3v) is 11.8. The summed E-state index contributed by atoms with van der Waals surface area (Å²) in [5.41, 5.74) is 11.0. The van der Waals surface area contributed by atoms with E-state index in [1.165, 1.54) is 60.3 Å². The van der Waals surface area contributed by atoms with Gasteiger partial charge in [0.1, 0.15) is 0 Å². The molecule has 0 spiro atoms. The van der Waals surface area contributed by atoms with Crippen LogP contribution >= 0.6 is 0 Å². The number of rotatable bonds is 6. The SMILES string of the molecule is c1ccc(N(c2ccccc2)c2ccc3c(c2)C(c2ccccc2)(c2ccccc2)c2cc4c5ccccc5c5ccccc5c4cc2N3c2ccccc2)cc1. The third-order valence-electron chi connectivity index (χ3n) is 11.8. The zero-order valence-electron chi connectivity index (χ0n) is 31.3. The number of nitrogens with zero attached hydrogens (tertiary/aromatic N) is 2. The van der Waals surface area contributed by atoms with Crippen LogP contribution in [0.4, 0.5) is 34.1 Å². The molecule has 1 aliphatic heterocycles. The number of benzene rings is 10. The van der Waals surface area contributed by atoms with E-state index in [1.54, 1.807) is 0 Å². The summed E-state index contributed by atoms with van der Waals surface area (Å²) in [7, 11) is 0. The largest absolute Gasteiger partial charge is 0.310 e. The van der Waals surface area contributed by atoms with Crippen LogP contribution in [0.2, 0.25) is 0 Å². The quantitative estimate of drug-likeness (QED) is 0.157. The number of para-hydroxylation sites is 3. The number of fused-ring (bicyclic) bond motifs is 8. The molecule has 0 atom stereocenters. The Morgan fingerprint density at radius 3 is 1.21 bits per heavy atom. The van der Waals surface area contributed by atoms with Gasteiger partial charge in [0.2, 0.25) is 0 Å². The lowest BCUT2D eigenvalue weighted by atomic mass is 9.62. The summed E-state index contributed by atoms with van der Waals surface area (Å²) in [4.78, 5) is 4.88. The van der Waals surface area contributed by atoms with Crippen molar-refractivity contribution < 1.29 is 0 Å². The van der Waals surface area contributed by atoms with Gasteiger partial charge in [-0.3, -0.25) is 0 Å². The molecule has 10 aromatic rings. The Hall–Kier alpha value is -7.42. The molecule has 57 heavy (non-hydrogen) atoms. The number of hydrogen-bond donors (Lipinski definition) is 0. The van der Waals surface area contributed by atoms with Crippen molar-refractivity contribution in [1.82, 2.24) is 0 Å². The Labute approximate surface area is 333 Å². The smallest absolute Gasteiger partial charge is 0.0743 e. The topological polar surface area (TPSA) is 6.48 Å². The highest BCUT2D eigenvalue weighted by Gasteiger charge is 2.47. The van der Waals surface area contributed by atoms with E-state index in [-0.39, 0.29) is 0 Å². The van der Waals surface area contributed by atoms with E-state index >= 15 is 0 Å². The maximum atomic E-state index is 2.52. The first kappa shape index (κ1) is 33.0. The molecule has 268 valence electrons. The molecule has 0 aliphatic carbocycles. The molecule has 0 amide bonds. The Morgan fingerprint density at radius 1 is 0.298 bits per heavy atom. The number of hydrogen-bond acceptors (Lipinski definition) is 2. The Bertz CT molecular complexity index is 2970. The lowest BCUT2D eigenvalue weighted by molar-refractivity contribution is 0.732. The molecule has 10 aromatic carbocycles. The molecule has 0 unspecified atom stereocenters. The zero-order valence-corrected chi connectivity index (χ0v) is 31.3. The van der Waals surface area contributed by atoms with Gasteiger partial charge in [-0.25, -0.2) is 0 Å². The van der Waals surface area contributed by atoms with Gasteiger partial charge in [-0.05, 0) is 121 Å². The summed E-state index contributed by atoms with van der Waals surface area (Å²) in [5, 5.41) is 7.56. The van der Waals surface area contributed by atoms with E-state index in [1.807, 2.05) is 0 Å². The molecular weight excluding hydrogens is 689 g/mol. The Morgan fingerprint density at radius 2 is 0.702 bits per heavy atom. The summed E-state index contributed by atoms with van der Waals surface area (Å²) in [6.07, 6.45) is 0. The standard InChI is InChI=1S/C55H38N2/c1-6-20-39(21-7-1)55(40-22-8-2-9-23-40)51-36-44(56(41-24-10-3-11-25-41)42-26-12-4-13-27-42)34-35-53(51)57(43-28-14-5-15-29-43)54-38-50-48-33-19-17-31-46(48)45-30-16-18-32-47(45)49(50)37-52(54)55/h1-38H. The lowest BCUT2D eigenvalue weighted by Gasteiger charge is -2.47. The van der Waals surface area contributed by atoms with Gasteiger partial charge in [0, 0.05) is 22.7 Å². The molecule has 0 N–H and O–H groups in total. The molecule has 1 heterocycles. The van der Waals surface area contributed by atoms with Gasteiger partial charge in [-0.15, -0.1) is 0 Å². The highest BCUT2D eigenvalue weighted by Crippen LogP contribution is 2.60. The van der Waals surface area contributed by atoms with Gasteiger partial charge in [-0.1, -0.05) is 164 Å². The van der Waals surface area contributed by atoms with Gasteiger partial charge in [0.05, 0.1) is 16.8 Å². The van der Waals surface area contributed by atoms with Gasteiger partial charge < -0.3 is 9.80 Å². The summed E-state index contributed by atoms with van der Waals surface area (Å²) in [5.74, 6) is 0. The molecule has 0 bridgehead atoms. The molecule has 0 saturated heterocycles. The van der Waals surface area contributed by atoms with E-state index < -0.39 is 5.41 Å². The second-order valence-electron chi connectivity index (χ2n) is 14.9. The first-order valence-electron chi connectivity index (χ1n) is 19.7. The molecule has 0 fully saturated rings. The molecular formula is C55H38N2. The first-order chi connectivity index (χ1) is 28.3. The normalized spacial score (nSPS) is 13.0. The maximum Gasteiger partial charge on any atom is 0.0743 e. The maximum absolute atomic E-state index is 2.52. The Balaban J connectivity index is 1.33. The van der Waals surface area contributed by atoms with Gasteiger partial charge in [0.25, 0.3) is 0 Å². The minimum atomic E-state index is -0.686. The predicted octanol–water partition coefficient (Wildman–Crippen LogP) is 14.8. The molecule has 2 heteroatoms.